The molecule has 1 aromatic rings. The number of halogens is 1. The van der Waals surface area contributed by atoms with Crippen LogP contribution in [0.1, 0.15) is 31.0 Å². The first kappa shape index (κ1) is 16.4. The van der Waals surface area contributed by atoms with Crippen molar-refractivity contribution in [1.29, 1.82) is 0 Å². The minimum atomic E-state index is -0.172. The van der Waals surface area contributed by atoms with E-state index in [1.54, 1.807) is 12.1 Å². The molecule has 2 N–H and O–H groups in total. The molecule has 1 fully saturated rings. The second-order valence-corrected chi connectivity index (χ2v) is 6.48. The Morgan fingerprint density at radius 2 is 1.86 bits per heavy atom. The van der Waals surface area contributed by atoms with Crippen molar-refractivity contribution in [2.75, 3.05) is 39.3 Å². The summed E-state index contributed by atoms with van der Waals surface area (Å²) in [7, 11) is 0. The molecule has 3 nitrogen and oxygen atoms in total. The molecule has 2 rings (SSSR count). The monoisotopic (exact) mass is 293 g/mol. The predicted octanol–water partition coefficient (Wildman–Crippen LogP) is 2.41. The van der Waals surface area contributed by atoms with Gasteiger partial charge >= 0.3 is 0 Å². The van der Waals surface area contributed by atoms with E-state index in [0.29, 0.717) is 12.5 Å². The summed E-state index contributed by atoms with van der Waals surface area (Å²) in [5, 5.41) is 0. The van der Waals surface area contributed by atoms with E-state index in [4.69, 9.17) is 5.73 Å². The smallest absolute Gasteiger partial charge is 0.123 e. The molecule has 1 atom stereocenters. The van der Waals surface area contributed by atoms with Crippen molar-refractivity contribution < 1.29 is 4.39 Å². The van der Waals surface area contributed by atoms with Gasteiger partial charge in [0.2, 0.25) is 0 Å². The van der Waals surface area contributed by atoms with E-state index in [1.165, 1.54) is 0 Å². The van der Waals surface area contributed by atoms with Crippen LogP contribution in [0.15, 0.2) is 18.2 Å². The molecule has 1 saturated heterocycles. The minimum Gasteiger partial charge on any atom is -0.329 e. The van der Waals surface area contributed by atoms with Crippen molar-refractivity contribution in [1.82, 2.24) is 9.80 Å². The second kappa shape index (κ2) is 7.34. The lowest BCUT2D eigenvalue weighted by molar-refractivity contribution is 0.0910. The van der Waals surface area contributed by atoms with Crippen molar-refractivity contribution >= 4 is 0 Å². The first-order valence-electron chi connectivity index (χ1n) is 7.93. The van der Waals surface area contributed by atoms with Crippen LogP contribution in [0.2, 0.25) is 0 Å². The Bertz CT molecular complexity index is 453. The molecule has 4 heteroatoms. The summed E-state index contributed by atoms with van der Waals surface area (Å²) in [5.74, 6) is 0.537. The summed E-state index contributed by atoms with van der Waals surface area (Å²) in [6, 6.07) is 5.24. The zero-order valence-corrected chi connectivity index (χ0v) is 13.5. The van der Waals surface area contributed by atoms with Crippen LogP contribution in [-0.4, -0.2) is 49.1 Å². The molecule has 0 spiro atoms. The molecule has 1 aromatic carbocycles. The zero-order valence-electron chi connectivity index (χ0n) is 13.5. The molecule has 21 heavy (non-hydrogen) atoms. The van der Waals surface area contributed by atoms with E-state index in [-0.39, 0.29) is 11.9 Å². The molecular weight excluding hydrogens is 265 g/mol. The predicted molar refractivity (Wildman–Crippen MR) is 85.8 cm³/mol. The molecule has 1 heterocycles. The molecule has 0 radical (unpaired) electrons. The van der Waals surface area contributed by atoms with Crippen LogP contribution in [-0.2, 0) is 0 Å². The molecule has 1 unspecified atom stereocenters. The van der Waals surface area contributed by atoms with Gasteiger partial charge in [-0.1, -0.05) is 19.9 Å². The summed E-state index contributed by atoms with van der Waals surface area (Å²) in [6.45, 7) is 12.5. The van der Waals surface area contributed by atoms with Gasteiger partial charge in [-0.05, 0) is 36.1 Å². The average molecular weight is 293 g/mol. The maximum atomic E-state index is 13.3. The zero-order chi connectivity index (χ0) is 15.4. The van der Waals surface area contributed by atoms with Gasteiger partial charge in [-0.2, -0.15) is 0 Å². The van der Waals surface area contributed by atoms with E-state index < -0.39 is 0 Å². The molecule has 1 aliphatic heterocycles. The Balaban J connectivity index is 2.02. The summed E-state index contributed by atoms with van der Waals surface area (Å²) in [6.07, 6.45) is 0. The van der Waals surface area contributed by atoms with Gasteiger partial charge < -0.3 is 10.6 Å². The number of nitrogens with zero attached hydrogens (tertiary/aromatic N) is 2. The standard InChI is InChI=1S/C17H28FN3/c1-13(2)12-20-6-8-21(9-7-20)17(11-19)16-5-4-15(18)10-14(16)3/h4-5,10,13,17H,6-9,11-12,19H2,1-3H3. The quantitative estimate of drug-likeness (QED) is 0.905. The molecular formula is C17H28FN3. The van der Waals surface area contributed by atoms with E-state index >= 15 is 0 Å². The number of hydrogen-bond donors (Lipinski definition) is 1. The third kappa shape index (κ3) is 4.25. The largest absolute Gasteiger partial charge is 0.329 e. The number of benzene rings is 1. The lowest BCUT2D eigenvalue weighted by Gasteiger charge is -2.40. The summed E-state index contributed by atoms with van der Waals surface area (Å²) >= 11 is 0. The lowest BCUT2D eigenvalue weighted by atomic mass is 9.99. The van der Waals surface area contributed by atoms with Crippen molar-refractivity contribution in [3.05, 3.63) is 35.1 Å². The van der Waals surface area contributed by atoms with Crippen molar-refractivity contribution in [2.45, 2.75) is 26.8 Å². The SMILES string of the molecule is Cc1cc(F)ccc1C(CN)N1CCN(CC(C)C)CC1. The summed E-state index contributed by atoms with van der Waals surface area (Å²) < 4.78 is 13.3. The Kier molecular flexibility index (Phi) is 5.73. The summed E-state index contributed by atoms with van der Waals surface area (Å²) in [5.41, 5.74) is 8.17. The highest BCUT2D eigenvalue weighted by Gasteiger charge is 2.25. The number of piperazine rings is 1. The Morgan fingerprint density at radius 3 is 2.38 bits per heavy atom. The van der Waals surface area contributed by atoms with E-state index in [9.17, 15) is 4.39 Å². The Morgan fingerprint density at radius 1 is 1.19 bits per heavy atom. The van der Waals surface area contributed by atoms with Gasteiger partial charge in [0.25, 0.3) is 0 Å². The van der Waals surface area contributed by atoms with E-state index in [0.717, 1.165) is 43.9 Å². The van der Waals surface area contributed by atoms with Crippen LogP contribution < -0.4 is 5.73 Å². The van der Waals surface area contributed by atoms with Gasteiger partial charge in [-0.25, -0.2) is 4.39 Å². The van der Waals surface area contributed by atoms with Crippen molar-refractivity contribution in [2.24, 2.45) is 11.7 Å². The second-order valence-electron chi connectivity index (χ2n) is 6.48. The number of rotatable bonds is 5. The molecule has 0 amide bonds. The highest BCUT2D eigenvalue weighted by molar-refractivity contribution is 5.30. The topological polar surface area (TPSA) is 32.5 Å². The third-order valence-electron chi connectivity index (χ3n) is 4.29. The van der Waals surface area contributed by atoms with Crippen LogP contribution in [0.4, 0.5) is 4.39 Å². The number of aryl methyl sites for hydroxylation is 1. The highest BCUT2D eigenvalue weighted by Crippen LogP contribution is 2.25. The average Bonchev–Trinajstić information content (AvgIpc) is 2.43. The molecule has 0 aromatic heterocycles. The van der Waals surface area contributed by atoms with Crippen molar-refractivity contribution in [3.63, 3.8) is 0 Å². The fourth-order valence-corrected chi connectivity index (χ4v) is 3.26. The van der Waals surface area contributed by atoms with Gasteiger partial charge in [0.15, 0.2) is 0 Å². The highest BCUT2D eigenvalue weighted by atomic mass is 19.1. The Hall–Kier alpha value is -0.970. The van der Waals surface area contributed by atoms with E-state index in [1.807, 2.05) is 13.0 Å². The maximum absolute atomic E-state index is 13.3. The van der Waals surface area contributed by atoms with Crippen molar-refractivity contribution in [3.8, 4) is 0 Å². The molecule has 0 saturated carbocycles. The maximum Gasteiger partial charge on any atom is 0.123 e. The fraction of sp³-hybridized carbons (Fsp3) is 0.647. The van der Waals surface area contributed by atoms with Gasteiger partial charge in [0.05, 0.1) is 0 Å². The van der Waals surface area contributed by atoms with Crippen LogP contribution in [0, 0.1) is 18.7 Å². The number of hydrogen-bond acceptors (Lipinski definition) is 3. The first-order chi connectivity index (χ1) is 10.0. The van der Waals surface area contributed by atoms with Gasteiger partial charge in [0, 0.05) is 45.3 Å². The van der Waals surface area contributed by atoms with Gasteiger partial charge in [-0.3, -0.25) is 4.90 Å². The minimum absolute atomic E-state index is 0.172. The molecule has 1 aliphatic rings. The Labute approximate surface area is 127 Å². The lowest BCUT2D eigenvalue weighted by Crippen LogP contribution is -2.49. The molecule has 118 valence electrons. The van der Waals surface area contributed by atoms with Crippen LogP contribution in [0.25, 0.3) is 0 Å². The van der Waals surface area contributed by atoms with Crippen LogP contribution >= 0.6 is 0 Å². The first-order valence-corrected chi connectivity index (χ1v) is 7.93. The van der Waals surface area contributed by atoms with Gasteiger partial charge in [-0.15, -0.1) is 0 Å². The normalized spacial score (nSPS) is 19.1. The van der Waals surface area contributed by atoms with Crippen LogP contribution in [0.3, 0.4) is 0 Å². The van der Waals surface area contributed by atoms with Crippen LogP contribution in [0.5, 0.6) is 0 Å². The molecule has 0 aliphatic carbocycles. The fourth-order valence-electron chi connectivity index (χ4n) is 3.26. The van der Waals surface area contributed by atoms with Gasteiger partial charge in [0.1, 0.15) is 5.82 Å². The summed E-state index contributed by atoms with van der Waals surface area (Å²) in [4.78, 5) is 4.96. The number of nitrogens with two attached hydrogens (primary N) is 1. The molecule has 0 bridgehead atoms. The van der Waals surface area contributed by atoms with E-state index in [2.05, 4.69) is 23.6 Å². The third-order valence-corrected chi connectivity index (χ3v) is 4.29.